The number of nitrogens with zero attached hydrogens (tertiary/aromatic N) is 1. The van der Waals surface area contributed by atoms with E-state index in [9.17, 15) is 10.1 Å². The summed E-state index contributed by atoms with van der Waals surface area (Å²) in [6, 6.07) is 16.1. The van der Waals surface area contributed by atoms with Crippen molar-refractivity contribution >= 4 is 17.7 Å². The molecule has 0 spiro atoms. The Morgan fingerprint density at radius 1 is 1.21 bits per heavy atom. The number of nitrogens with one attached hydrogen (secondary N) is 1. The van der Waals surface area contributed by atoms with Crippen molar-refractivity contribution in [2.24, 2.45) is 0 Å². The molecule has 2 aromatic rings. The molecule has 24 heavy (non-hydrogen) atoms. The monoisotopic (exact) mass is 322 g/mol. The zero-order valence-electron chi connectivity index (χ0n) is 13.6. The van der Waals surface area contributed by atoms with Gasteiger partial charge in [0.15, 0.2) is 0 Å². The van der Waals surface area contributed by atoms with Crippen LogP contribution in [0.1, 0.15) is 12.5 Å². The van der Waals surface area contributed by atoms with Crippen molar-refractivity contribution in [1.29, 1.82) is 5.26 Å². The van der Waals surface area contributed by atoms with Gasteiger partial charge in [0, 0.05) is 0 Å². The number of benzene rings is 2. The molecule has 0 unspecified atom stereocenters. The normalized spacial score (nSPS) is 10.6. The van der Waals surface area contributed by atoms with Crippen LogP contribution in [-0.4, -0.2) is 19.6 Å². The molecule has 122 valence electrons. The number of rotatable bonds is 6. The summed E-state index contributed by atoms with van der Waals surface area (Å²) < 4.78 is 10.5. The molecule has 0 aliphatic carbocycles. The first-order valence-corrected chi connectivity index (χ1v) is 7.47. The van der Waals surface area contributed by atoms with Gasteiger partial charge in [-0.3, -0.25) is 4.79 Å². The largest absolute Gasteiger partial charge is 0.497 e. The molecule has 2 aromatic carbocycles. The smallest absolute Gasteiger partial charge is 0.266 e. The first-order valence-electron chi connectivity index (χ1n) is 7.47. The number of carbonyl (C=O) groups excluding carboxylic acids is 1. The predicted molar refractivity (Wildman–Crippen MR) is 92.8 cm³/mol. The van der Waals surface area contributed by atoms with E-state index in [1.807, 2.05) is 19.1 Å². The van der Waals surface area contributed by atoms with E-state index in [1.165, 1.54) is 6.08 Å². The van der Waals surface area contributed by atoms with Crippen LogP contribution in [0.2, 0.25) is 0 Å². The van der Waals surface area contributed by atoms with Crippen molar-refractivity contribution in [2.75, 3.05) is 19.0 Å². The third kappa shape index (κ3) is 4.37. The van der Waals surface area contributed by atoms with Gasteiger partial charge in [-0.15, -0.1) is 0 Å². The lowest BCUT2D eigenvalue weighted by molar-refractivity contribution is -0.112. The SMILES string of the molecule is CCOc1ccccc1NC(=O)C(C#N)=Cc1ccc(OC)cc1. The number of amides is 1. The number of hydrogen-bond acceptors (Lipinski definition) is 4. The molecule has 5 heteroatoms. The van der Waals surface area contributed by atoms with Crippen LogP contribution >= 0.6 is 0 Å². The highest BCUT2D eigenvalue weighted by atomic mass is 16.5. The number of carbonyl (C=O) groups is 1. The lowest BCUT2D eigenvalue weighted by atomic mass is 10.1. The van der Waals surface area contributed by atoms with E-state index >= 15 is 0 Å². The summed E-state index contributed by atoms with van der Waals surface area (Å²) in [7, 11) is 1.58. The summed E-state index contributed by atoms with van der Waals surface area (Å²) in [4.78, 5) is 12.3. The topological polar surface area (TPSA) is 71.3 Å². The summed E-state index contributed by atoms with van der Waals surface area (Å²) in [5, 5.41) is 12.0. The Bertz CT molecular complexity index is 774. The van der Waals surface area contributed by atoms with Gasteiger partial charge in [0.2, 0.25) is 0 Å². The van der Waals surface area contributed by atoms with Gasteiger partial charge in [0.05, 0.1) is 19.4 Å². The second kappa shape index (κ2) is 8.39. The van der Waals surface area contributed by atoms with Crippen molar-refractivity contribution < 1.29 is 14.3 Å². The van der Waals surface area contributed by atoms with Crippen LogP contribution in [0, 0.1) is 11.3 Å². The molecule has 0 bridgehead atoms. The van der Waals surface area contributed by atoms with E-state index in [0.29, 0.717) is 23.8 Å². The second-order valence-corrected chi connectivity index (χ2v) is 4.83. The number of anilines is 1. The van der Waals surface area contributed by atoms with Crippen molar-refractivity contribution in [2.45, 2.75) is 6.92 Å². The summed E-state index contributed by atoms with van der Waals surface area (Å²) in [5.41, 5.74) is 1.27. The van der Waals surface area contributed by atoms with Crippen LogP contribution in [0.3, 0.4) is 0 Å². The number of nitriles is 1. The molecular weight excluding hydrogens is 304 g/mol. The molecular formula is C19H18N2O3. The van der Waals surface area contributed by atoms with Gasteiger partial charge in [0.1, 0.15) is 23.1 Å². The molecule has 0 atom stereocenters. The molecule has 0 aromatic heterocycles. The Morgan fingerprint density at radius 3 is 2.54 bits per heavy atom. The van der Waals surface area contributed by atoms with Crippen molar-refractivity contribution in [3.8, 4) is 17.6 Å². The predicted octanol–water partition coefficient (Wildman–Crippen LogP) is 3.64. The van der Waals surface area contributed by atoms with Gasteiger partial charge in [-0.2, -0.15) is 5.26 Å². The molecule has 1 amide bonds. The maximum Gasteiger partial charge on any atom is 0.266 e. The van der Waals surface area contributed by atoms with E-state index in [-0.39, 0.29) is 5.57 Å². The maximum atomic E-state index is 12.3. The van der Waals surface area contributed by atoms with Gasteiger partial charge in [0.25, 0.3) is 5.91 Å². The Labute approximate surface area is 141 Å². The summed E-state index contributed by atoms with van der Waals surface area (Å²) in [5.74, 6) is 0.788. The fourth-order valence-corrected chi connectivity index (χ4v) is 2.06. The molecule has 0 saturated carbocycles. The highest BCUT2D eigenvalue weighted by Gasteiger charge is 2.12. The molecule has 0 saturated heterocycles. The van der Waals surface area contributed by atoms with E-state index < -0.39 is 5.91 Å². The lowest BCUT2D eigenvalue weighted by Crippen LogP contribution is -2.14. The zero-order chi connectivity index (χ0) is 17.4. The van der Waals surface area contributed by atoms with Crippen LogP contribution in [0.4, 0.5) is 5.69 Å². The van der Waals surface area contributed by atoms with Gasteiger partial charge in [-0.05, 0) is 42.8 Å². The molecule has 0 aliphatic rings. The molecule has 5 nitrogen and oxygen atoms in total. The third-order valence-electron chi connectivity index (χ3n) is 3.23. The van der Waals surface area contributed by atoms with Gasteiger partial charge < -0.3 is 14.8 Å². The number of ether oxygens (including phenoxy) is 2. The van der Waals surface area contributed by atoms with Crippen LogP contribution in [0.25, 0.3) is 6.08 Å². The van der Waals surface area contributed by atoms with Crippen LogP contribution in [-0.2, 0) is 4.79 Å². The summed E-state index contributed by atoms with van der Waals surface area (Å²) in [6.45, 7) is 2.35. The Morgan fingerprint density at radius 2 is 1.92 bits per heavy atom. The Balaban J connectivity index is 2.20. The third-order valence-corrected chi connectivity index (χ3v) is 3.23. The number of methoxy groups -OCH3 is 1. The lowest BCUT2D eigenvalue weighted by Gasteiger charge is -2.10. The number of para-hydroxylation sites is 2. The van der Waals surface area contributed by atoms with Gasteiger partial charge in [-0.1, -0.05) is 24.3 Å². The van der Waals surface area contributed by atoms with Crippen LogP contribution in [0.5, 0.6) is 11.5 Å². The van der Waals surface area contributed by atoms with Crippen molar-refractivity contribution in [3.63, 3.8) is 0 Å². The summed E-state index contributed by atoms with van der Waals surface area (Å²) in [6.07, 6.45) is 1.53. The maximum absolute atomic E-state index is 12.3. The van der Waals surface area contributed by atoms with Crippen molar-refractivity contribution in [3.05, 3.63) is 59.7 Å². The standard InChI is InChI=1S/C19H18N2O3/c1-3-24-18-7-5-4-6-17(18)21-19(22)15(13-20)12-14-8-10-16(23-2)11-9-14/h4-12H,3H2,1-2H3,(H,21,22). The molecule has 0 aliphatic heterocycles. The average molecular weight is 322 g/mol. The van der Waals surface area contributed by atoms with E-state index in [0.717, 1.165) is 5.56 Å². The molecule has 2 rings (SSSR count). The van der Waals surface area contributed by atoms with E-state index in [4.69, 9.17) is 9.47 Å². The molecule has 0 radical (unpaired) electrons. The Hall–Kier alpha value is -3.26. The van der Waals surface area contributed by atoms with Crippen LogP contribution in [0.15, 0.2) is 54.1 Å². The van der Waals surface area contributed by atoms with E-state index in [2.05, 4.69) is 5.32 Å². The van der Waals surface area contributed by atoms with Crippen molar-refractivity contribution in [1.82, 2.24) is 0 Å². The molecule has 1 N–H and O–H groups in total. The first-order chi connectivity index (χ1) is 11.7. The fourth-order valence-electron chi connectivity index (χ4n) is 2.06. The minimum Gasteiger partial charge on any atom is -0.497 e. The van der Waals surface area contributed by atoms with E-state index in [1.54, 1.807) is 49.6 Å². The minimum absolute atomic E-state index is 0.00599. The highest BCUT2D eigenvalue weighted by molar-refractivity contribution is 6.10. The van der Waals surface area contributed by atoms with Gasteiger partial charge >= 0.3 is 0 Å². The fraction of sp³-hybridized carbons (Fsp3) is 0.158. The minimum atomic E-state index is -0.486. The Kier molecular flexibility index (Phi) is 5.98. The average Bonchev–Trinajstić information content (AvgIpc) is 2.62. The highest BCUT2D eigenvalue weighted by Crippen LogP contribution is 2.24. The number of hydrogen-bond donors (Lipinski definition) is 1. The van der Waals surface area contributed by atoms with Gasteiger partial charge in [-0.25, -0.2) is 0 Å². The quantitative estimate of drug-likeness (QED) is 0.651. The molecule has 0 heterocycles. The first kappa shape index (κ1) is 17.1. The second-order valence-electron chi connectivity index (χ2n) is 4.83. The summed E-state index contributed by atoms with van der Waals surface area (Å²) >= 11 is 0. The van der Waals surface area contributed by atoms with Crippen LogP contribution < -0.4 is 14.8 Å². The zero-order valence-corrected chi connectivity index (χ0v) is 13.6. The molecule has 0 fully saturated rings.